The normalized spacial score (nSPS) is 19.6. The molecule has 0 aliphatic carbocycles. The second-order valence-electron chi connectivity index (χ2n) is 6.56. The van der Waals surface area contributed by atoms with Crippen LogP contribution in [0.2, 0.25) is 0 Å². The van der Waals surface area contributed by atoms with Gasteiger partial charge in [0.15, 0.2) is 11.5 Å². The number of carbonyl (C=O) groups is 1. The van der Waals surface area contributed by atoms with E-state index in [2.05, 4.69) is 36.2 Å². The van der Waals surface area contributed by atoms with E-state index in [1.54, 1.807) is 0 Å². The van der Waals surface area contributed by atoms with Gasteiger partial charge in [-0.15, -0.1) is 0 Å². The molecule has 0 aromatic heterocycles. The number of piperidine rings is 1. The molecule has 2 heterocycles. The standard InChI is InChI=1S/C18H26N2O3/c1-3-13(2)19-18(21)15-6-8-20(9-7-15)11-14-4-5-16-17(10-14)23-12-22-16/h4-5,10,13,15H,3,6-9,11-12H2,1-2H3,(H,19,21)/t13-/m0/s1. The molecule has 1 amide bonds. The van der Waals surface area contributed by atoms with E-state index in [9.17, 15) is 4.79 Å². The Labute approximate surface area is 137 Å². The van der Waals surface area contributed by atoms with Crippen molar-refractivity contribution in [1.82, 2.24) is 10.2 Å². The van der Waals surface area contributed by atoms with Gasteiger partial charge in [-0.25, -0.2) is 0 Å². The quantitative estimate of drug-likeness (QED) is 0.906. The van der Waals surface area contributed by atoms with Crippen molar-refractivity contribution in [2.24, 2.45) is 5.92 Å². The van der Waals surface area contributed by atoms with E-state index < -0.39 is 0 Å². The molecule has 1 saturated heterocycles. The highest BCUT2D eigenvalue weighted by Gasteiger charge is 2.25. The molecule has 1 N–H and O–H groups in total. The predicted molar refractivity (Wildman–Crippen MR) is 88.5 cm³/mol. The zero-order valence-corrected chi connectivity index (χ0v) is 14.0. The highest BCUT2D eigenvalue weighted by Crippen LogP contribution is 2.33. The summed E-state index contributed by atoms with van der Waals surface area (Å²) in [4.78, 5) is 14.6. The van der Waals surface area contributed by atoms with E-state index in [0.717, 1.165) is 50.4 Å². The minimum Gasteiger partial charge on any atom is -0.454 e. The number of ether oxygens (including phenoxy) is 2. The topological polar surface area (TPSA) is 50.8 Å². The third-order valence-corrected chi connectivity index (χ3v) is 4.80. The first-order chi connectivity index (χ1) is 11.2. The van der Waals surface area contributed by atoms with Gasteiger partial charge < -0.3 is 14.8 Å². The lowest BCUT2D eigenvalue weighted by atomic mass is 9.95. The first-order valence-electron chi connectivity index (χ1n) is 8.57. The maximum atomic E-state index is 12.2. The number of hydrogen-bond donors (Lipinski definition) is 1. The second-order valence-corrected chi connectivity index (χ2v) is 6.56. The van der Waals surface area contributed by atoms with Crippen LogP contribution in [0.25, 0.3) is 0 Å². The summed E-state index contributed by atoms with van der Waals surface area (Å²) in [6.07, 6.45) is 2.86. The number of fused-ring (bicyclic) bond motifs is 1. The Morgan fingerprint density at radius 3 is 2.78 bits per heavy atom. The van der Waals surface area contributed by atoms with Crippen molar-refractivity contribution in [3.63, 3.8) is 0 Å². The molecule has 0 unspecified atom stereocenters. The van der Waals surface area contributed by atoms with Crippen LogP contribution in [0.5, 0.6) is 11.5 Å². The van der Waals surface area contributed by atoms with Crippen molar-refractivity contribution in [2.45, 2.75) is 45.7 Å². The fraction of sp³-hybridized carbons (Fsp3) is 0.611. The third-order valence-electron chi connectivity index (χ3n) is 4.80. The van der Waals surface area contributed by atoms with Gasteiger partial charge >= 0.3 is 0 Å². The van der Waals surface area contributed by atoms with E-state index in [4.69, 9.17) is 9.47 Å². The number of likely N-dealkylation sites (tertiary alicyclic amines) is 1. The van der Waals surface area contributed by atoms with Crippen LogP contribution in [-0.2, 0) is 11.3 Å². The van der Waals surface area contributed by atoms with Gasteiger partial charge in [0.25, 0.3) is 0 Å². The molecule has 2 aliphatic rings. The lowest BCUT2D eigenvalue weighted by Gasteiger charge is -2.31. The van der Waals surface area contributed by atoms with Gasteiger partial charge in [-0.05, 0) is 57.0 Å². The van der Waals surface area contributed by atoms with Gasteiger partial charge in [-0.1, -0.05) is 13.0 Å². The summed E-state index contributed by atoms with van der Waals surface area (Å²) in [6.45, 7) is 7.30. The number of carbonyl (C=O) groups excluding carboxylic acids is 1. The molecular formula is C18H26N2O3. The number of benzene rings is 1. The molecule has 0 spiro atoms. The van der Waals surface area contributed by atoms with Gasteiger partial charge in [0, 0.05) is 18.5 Å². The zero-order chi connectivity index (χ0) is 16.2. The molecule has 1 aromatic rings. The third kappa shape index (κ3) is 3.96. The van der Waals surface area contributed by atoms with Crippen LogP contribution >= 0.6 is 0 Å². The summed E-state index contributed by atoms with van der Waals surface area (Å²) in [5, 5.41) is 3.10. The first kappa shape index (κ1) is 16.1. The van der Waals surface area contributed by atoms with E-state index >= 15 is 0 Å². The molecule has 23 heavy (non-hydrogen) atoms. The lowest BCUT2D eigenvalue weighted by molar-refractivity contribution is -0.127. The molecule has 5 nitrogen and oxygen atoms in total. The molecule has 0 radical (unpaired) electrons. The van der Waals surface area contributed by atoms with E-state index in [0.29, 0.717) is 6.79 Å². The largest absolute Gasteiger partial charge is 0.454 e. The molecule has 0 saturated carbocycles. The molecule has 1 fully saturated rings. The monoisotopic (exact) mass is 318 g/mol. The number of amides is 1. The molecule has 0 bridgehead atoms. The average molecular weight is 318 g/mol. The molecule has 5 heteroatoms. The van der Waals surface area contributed by atoms with E-state index in [1.807, 2.05) is 6.07 Å². The summed E-state index contributed by atoms with van der Waals surface area (Å²) in [5.74, 6) is 2.05. The smallest absolute Gasteiger partial charge is 0.231 e. The number of nitrogens with zero attached hydrogens (tertiary/aromatic N) is 1. The average Bonchev–Trinajstić information content (AvgIpc) is 3.03. The minimum atomic E-state index is 0.164. The van der Waals surface area contributed by atoms with Crippen molar-refractivity contribution in [1.29, 1.82) is 0 Å². The van der Waals surface area contributed by atoms with Crippen molar-refractivity contribution in [3.8, 4) is 11.5 Å². The first-order valence-corrected chi connectivity index (χ1v) is 8.57. The Kier molecular flexibility index (Phi) is 5.06. The fourth-order valence-corrected chi connectivity index (χ4v) is 3.11. The number of nitrogens with one attached hydrogen (secondary N) is 1. The van der Waals surface area contributed by atoms with Crippen LogP contribution in [0.1, 0.15) is 38.7 Å². The van der Waals surface area contributed by atoms with Crippen LogP contribution in [0.4, 0.5) is 0 Å². The summed E-state index contributed by atoms with van der Waals surface area (Å²) >= 11 is 0. The van der Waals surface area contributed by atoms with Crippen LogP contribution in [0, 0.1) is 5.92 Å². The summed E-state index contributed by atoms with van der Waals surface area (Å²) in [5.41, 5.74) is 1.23. The Hall–Kier alpha value is -1.75. The highest BCUT2D eigenvalue weighted by molar-refractivity contribution is 5.79. The summed E-state index contributed by atoms with van der Waals surface area (Å²) < 4.78 is 10.8. The maximum absolute atomic E-state index is 12.2. The molecular weight excluding hydrogens is 292 g/mol. The Balaban J connectivity index is 1.48. The van der Waals surface area contributed by atoms with Crippen LogP contribution in [0.15, 0.2) is 18.2 Å². The van der Waals surface area contributed by atoms with Crippen LogP contribution in [-0.4, -0.2) is 36.7 Å². The van der Waals surface area contributed by atoms with Gasteiger partial charge in [0.2, 0.25) is 12.7 Å². The maximum Gasteiger partial charge on any atom is 0.231 e. The van der Waals surface area contributed by atoms with Crippen LogP contribution in [0.3, 0.4) is 0 Å². The molecule has 2 aliphatic heterocycles. The molecule has 1 atom stereocenters. The van der Waals surface area contributed by atoms with Crippen LogP contribution < -0.4 is 14.8 Å². The van der Waals surface area contributed by atoms with Gasteiger partial charge in [-0.3, -0.25) is 9.69 Å². The molecule has 3 rings (SSSR count). The van der Waals surface area contributed by atoms with Crippen molar-refractivity contribution >= 4 is 5.91 Å². The second kappa shape index (κ2) is 7.21. The van der Waals surface area contributed by atoms with Crippen molar-refractivity contribution in [2.75, 3.05) is 19.9 Å². The predicted octanol–water partition coefficient (Wildman–Crippen LogP) is 2.54. The fourth-order valence-electron chi connectivity index (χ4n) is 3.11. The summed E-state index contributed by atoms with van der Waals surface area (Å²) in [7, 11) is 0. The highest BCUT2D eigenvalue weighted by atomic mass is 16.7. The van der Waals surface area contributed by atoms with Crippen molar-refractivity contribution in [3.05, 3.63) is 23.8 Å². The zero-order valence-electron chi connectivity index (χ0n) is 14.0. The van der Waals surface area contributed by atoms with E-state index in [-0.39, 0.29) is 17.9 Å². The SMILES string of the molecule is CC[C@H](C)NC(=O)C1CCN(Cc2ccc3c(c2)OCO3)CC1. The van der Waals surface area contributed by atoms with Gasteiger partial charge in [0.05, 0.1) is 0 Å². The molecule has 126 valence electrons. The number of hydrogen-bond acceptors (Lipinski definition) is 4. The minimum absolute atomic E-state index is 0.164. The Bertz CT molecular complexity index is 553. The van der Waals surface area contributed by atoms with Gasteiger partial charge in [0.1, 0.15) is 0 Å². The van der Waals surface area contributed by atoms with Gasteiger partial charge in [-0.2, -0.15) is 0 Å². The lowest BCUT2D eigenvalue weighted by Crippen LogP contribution is -2.42. The summed E-state index contributed by atoms with van der Waals surface area (Å²) in [6, 6.07) is 6.40. The molecule has 1 aromatic carbocycles. The Morgan fingerprint density at radius 1 is 1.30 bits per heavy atom. The number of rotatable bonds is 5. The Morgan fingerprint density at radius 2 is 2.04 bits per heavy atom. The van der Waals surface area contributed by atoms with E-state index in [1.165, 1.54) is 5.56 Å². The van der Waals surface area contributed by atoms with Crippen molar-refractivity contribution < 1.29 is 14.3 Å².